The average molecular weight is 422 g/mol. The van der Waals surface area contributed by atoms with Gasteiger partial charge in [-0.3, -0.25) is 4.98 Å². The van der Waals surface area contributed by atoms with E-state index in [1.807, 2.05) is 49.4 Å². The Kier molecular flexibility index (Phi) is 5.53. The molecule has 0 fully saturated rings. The largest absolute Gasteiger partial charge is 0.494 e. The number of hydrogen-bond acceptors (Lipinski definition) is 7. The highest BCUT2D eigenvalue weighted by Crippen LogP contribution is 2.29. The second-order valence-corrected chi connectivity index (χ2v) is 7.38. The second-order valence-electron chi connectivity index (χ2n) is 7.38. The lowest BCUT2D eigenvalue weighted by atomic mass is 10.1. The zero-order valence-corrected chi connectivity index (χ0v) is 17.7. The minimum atomic E-state index is 0.570. The highest BCUT2D eigenvalue weighted by atomic mass is 16.5. The van der Waals surface area contributed by atoms with Crippen LogP contribution in [0.15, 0.2) is 67.3 Å². The number of hydrogen-bond donors (Lipinski definition) is 0. The van der Waals surface area contributed by atoms with E-state index in [0.717, 1.165) is 30.1 Å². The first-order valence-corrected chi connectivity index (χ1v) is 10.5. The van der Waals surface area contributed by atoms with Crippen molar-refractivity contribution < 1.29 is 4.74 Å². The number of pyridine rings is 1. The van der Waals surface area contributed by atoms with Crippen molar-refractivity contribution in [2.24, 2.45) is 0 Å². The third kappa shape index (κ3) is 4.32. The van der Waals surface area contributed by atoms with Gasteiger partial charge in [0.1, 0.15) is 11.4 Å². The van der Waals surface area contributed by atoms with Gasteiger partial charge in [0.25, 0.3) is 0 Å². The molecule has 0 amide bonds. The number of ether oxygens (including phenoxy) is 1. The minimum absolute atomic E-state index is 0.570. The van der Waals surface area contributed by atoms with Crippen molar-refractivity contribution in [3.8, 4) is 17.3 Å². The van der Waals surface area contributed by atoms with Crippen molar-refractivity contribution in [3.05, 3.63) is 89.6 Å². The SMILES string of the molecule is CCOc1ccc2c(c1)CN(c1nccc(-c3nccc(/C=C/c4ccncc4)n3)n1)C2. The number of fused-ring (bicyclic) bond motifs is 1. The standard InChI is InChI=1S/C25H22N6O/c1-2-32-22-6-4-19-16-31(17-20(19)15-22)25-28-14-10-23(30-25)24-27-13-9-21(29-24)5-3-18-7-11-26-12-8-18/h3-15H,2,16-17H2,1H3/b5-3+. The van der Waals surface area contributed by atoms with Crippen molar-refractivity contribution in [2.45, 2.75) is 20.0 Å². The molecule has 7 nitrogen and oxygen atoms in total. The molecule has 7 heteroatoms. The zero-order chi connectivity index (χ0) is 21.8. The maximum atomic E-state index is 5.63. The smallest absolute Gasteiger partial charge is 0.226 e. The van der Waals surface area contributed by atoms with Crippen molar-refractivity contribution in [3.63, 3.8) is 0 Å². The van der Waals surface area contributed by atoms with Gasteiger partial charge in [0.05, 0.1) is 12.3 Å². The second kappa shape index (κ2) is 8.93. The maximum Gasteiger partial charge on any atom is 0.226 e. The molecule has 0 spiro atoms. The van der Waals surface area contributed by atoms with Gasteiger partial charge in [-0.1, -0.05) is 12.1 Å². The molecule has 0 unspecified atom stereocenters. The van der Waals surface area contributed by atoms with Crippen LogP contribution in [0.3, 0.4) is 0 Å². The van der Waals surface area contributed by atoms with Crippen molar-refractivity contribution in [1.29, 1.82) is 0 Å². The maximum absolute atomic E-state index is 5.63. The van der Waals surface area contributed by atoms with Crippen molar-refractivity contribution in [1.82, 2.24) is 24.9 Å². The van der Waals surface area contributed by atoms with E-state index < -0.39 is 0 Å². The summed E-state index contributed by atoms with van der Waals surface area (Å²) in [5, 5.41) is 0. The molecule has 3 aromatic heterocycles. The highest BCUT2D eigenvalue weighted by molar-refractivity contribution is 5.68. The van der Waals surface area contributed by atoms with Gasteiger partial charge in [-0.2, -0.15) is 0 Å². The molecule has 1 aromatic carbocycles. The van der Waals surface area contributed by atoms with Crippen LogP contribution in [0.1, 0.15) is 29.3 Å². The van der Waals surface area contributed by atoms with E-state index in [1.54, 1.807) is 24.8 Å². The van der Waals surface area contributed by atoms with Crippen LogP contribution in [0.25, 0.3) is 23.7 Å². The van der Waals surface area contributed by atoms with Gasteiger partial charge < -0.3 is 9.64 Å². The Hall–Kier alpha value is -4.13. The van der Waals surface area contributed by atoms with Gasteiger partial charge in [0, 0.05) is 37.9 Å². The van der Waals surface area contributed by atoms with Crippen LogP contribution in [0.5, 0.6) is 5.75 Å². The molecular weight excluding hydrogens is 400 g/mol. The fourth-order valence-corrected chi connectivity index (χ4v) is 3.64. The Morgan fingerprint density at radius 3 is 2.59 bits per heavy atom. The first-order valence-electron chi connectivity index (χ1n) is 10.5. The lowest BCUT2D eigenvalue weighted by Crippen LogP contribution is -2.17. The molecule has 0 atom stereocenters. The summed E-state index contributed by atoms with van der Waals surface area (Å²) < 4.78 is 5.63. The third-order valence-corrected chi connectivity index (χ3v) is 5.20. The molecule has 1 aliphatic heterocycles. The first kappa shape index (κ1) is 19.8. The summed E-state index contributed by atoms with van der Waals surface area (Å²) in [5.41, 5.74) is 5.07. The third-order valence-electron chi connectivity index (χ3n) is 5.20. The molecule has 4 heterocycles. The summed E-state index contributed by atoms with van der Waals surface area (Å²) in [6.07, 6.45) is 11.0. The number of anilines is 1. The van der Waals surface area contributed by atoms with Gasteiger partial charge in [-0.15, -0.1) is 0 Å². The van der Waals surface area contributed by atoms with Crippen LogP contribution in [0, 0.1) is 0 Å². The molecule has 5 rings (SSSR count). The van der Waals surface area contributed by atoms with Gasteiger partial charge in [0.15, 0.2) is 5.82 Å². The van der Waals surface area contributed by atoms with Crippen LogP contribution >= 0.6 is 0 Å². The molecular formula is C25H22N6O. The normalized spacial score (nSPS) is 12.8. The van der Waals surface area contributed by atoms with E-state index in [0.29, 0.717) is 24.1 Å². The molecule has 4 aromatic rings. The van der Waals surface area contributed by atoms with E-state index in [-0.39, 0.29) is 0 Å². The monoisotopic (exact) mass is 422 g/mol. The quantitative estimate of drug-likeness (QED) is 0.455. The van der Waals surface area contributed by atoms with Crippen molar-refractivity contribution >= 4 is 18.1 Å². The molecule has 158 valence electrons. The van der Waals surface area contributed by atoms with Crippen LogP contribution in [0.4, 0.5) is 5.95 Å². The van der Waals surface area contributed by atoms with Crippen LogP contribution < -0.4 is 9.64 Å². The van der Waals surface area contributed by atoms with Gasteiger partial charge in [-0.25, -0.2) is 19.9 Å². The molecule has 0 bridgehead atoms. The van der Waals surface area contributed by atoms with Crippen LogP contribution in [-0.2, 0) is 13.1 Å². The summed E-state index contributed by atoms with van der Waals surface area (Å²) in [4.78, 5) is 24.5. The Morgan fingerprint density at radius 1 is 0.875 bits per heavy atom. The predicted molar refractivity (Wildman–Crippen MR) is 124 cm³/mol. The number of aromatic nitrogens is 5. The lowest BCUT2D eigenvalue weighted by Gasteiger charge is -2.15. The summed E-state index contributed by atoms with van der Waals surface area (Å²) in [6, 6.07) is 13.8. The lowest BCUT2D eigenvalue weighted by molar-refractivity contribution is 0.340. The van der Waals surface area contributed by atoms with E-state index >= 15 is 0 Å². The van der Waals surface area contributed by atoms with Crippen LogP contribution in [-0.4, -0.2) is 31.5 Å². The molecule has 32 heavy (non-hydrogen) atoms. The average Bonchev–Trinajstić information content (AvgIpc) is 3.28. The first-order chi connectivity index (χ1) is 15.8. The van der Waals surface area contributed by atoms with Gasteiger partial charge in [-0.05, 0) is 66.1 Å². The highest BCUT2D eigenvalue weighted by Gasteiger charge is 2.22. The fourth-order valence-electron chi connectivity index (χ4n) is 3.64. The summed E-state index contributed by atoms with van der Waals surface area (Å²) >= 11 is 0. The molecule has 0 saturated heterocycles. The summed E-state index contributed by atoms with van der Waals surface area (Å²) in [7, 11) is 0. The molecule has 0 saturated carbocycles. The zero-order valence-electron chi connectivity index (χ0n) is 17.7. The fraction of sp³-hybridized carbons (Fsp3) is 0.160. The Bertz CT molecular complexity index is 1260. The molecule has 0 radical (unpaired) electrons. The van der Waals surface area contributed by atoms with E-state index in [2.05, 4.69) is 37.0 Å². The van der Waals surface area contributed by atoms with Gasteiger partial charge >= 0.3 is 0 Å². The molecule has 0 aliphatic carbocycles. The van der Waals surface area contributed by atoms with Crippen LogP contribution in [0.2, 0.25) is 0 Å². The van der Waals surface area contributed by atoms with E-state index in [1.165, 1.54) is 11.1 Å². The predicted octanol–water partition coefficient (Wildman–Crippen LogP) is 4.42. The summed E-state index contributed by atoms with van der Waals surface area (Å²) in [6.45, 7) is 4.16. The topological polar surface area (TPSA) is 76.9 Å². The minimum Gasteiger partial charge on any atom is -0.494 e. The Morgan fingerprint density at radius 2 is 1.72 bits per heavy atom. The number of rotatable bonds is 6. The van der Waals surface area contributed by atoms with Gasteiger partial charge in [0.2, 0.25) is 5.95 Å². The number of benzene rings is 1. The Balaban J connectivity index is 1.36. The Labute approximate surface area is 186 Å². The van der Waals surface area contributed by atoms with E-state index in [4.69, 9.17) is 9.72 Å². The van der Waals surface area contributed by atoms with Crippen molar-refractivity contribution in [2.75, 3.05) is 11.5 Å². The van der Waals surface area contributed by atoms with E-state index in [9.17, 15) is 0 Å². The molecule has 1 aliphatic rings. The molecule has 0 N–H and O–H groups in total. The number of nitrogens with zero attached hydrogens (tertiary/aromatic N) is 6. The summed E-state index contributed by atoms with van der Waals surface area (Å²) in [5.74, 6) is 2.13.